The second-order valence-corrected chi connectivity index (χ2v) is 3.23. The van der Waals surface area contributed by atoms with Crippen LogP contribution in [0.2, 0.25) is 5.15 Å². The molecule has 72 valence electrons. The third kappa shape index (κ3) is 1.22. The summed E-state index contributed by atoms with van der Waals surface area (Å²) in [6.45, 7) is 0. The number of nitrogens with zero attached hydrogens (tertiary/aromatic N) is 3. The first kappa shape index (κ1) is 8.96. The van der Waals surface area contributed by atoms with Crippen LogP contribution in [0, 0.1) is 10.1 Å². The molecule has 6 heteroatoms. The average molecular weight is 212 g/mol. The second kappa shape index (κ2) is 2.95. The lowest BCUT2D eigenvalue weighted by Gasteiger charge is -1.93. The molecule has 0 amide bonds. The molecule has 0 unspecified atom stereocenters. The molecule has 0 fully saturated rings. The van der Waals surface area contributed by atoms with Crippen molar-refractivity contribution in [2.45, 2.75) is 0 Å². The summed E-state index contributed by atoms with van der Waals surface area (Å²) in [4.78, 5) is 10.0. The average Bonchev–Trinajstić information content (AvgIpc) is 2.42. The predicted octanol–water partition coefficient (Wildman–Crippen LogP) is 2.13. The zero-order valence-electron chi connectivity index (χ0n) is 7.27. The van der Waals surface area contributed by atoms with Crippen LogP contribution in [-0.4, -0.2) is 14.7 Å². The Balaban J connectivity index is 2.77. The first-order valence-corrected chi connectivity index (χ1v) is 4.24. The highest BCUT2D eigenvalue weighted by atomic mass is 35.5. The largest absolute Gasteiger partial charge is 0.270 e. The number of fused-ring (bicyclic) bond motifs is 1. The summed E-state index contributed by atoms with van der Waals surface area (Å²) in [7, 11) is 1.74. The lowest BCUT2D eigenvalue weighted by molar-refractivity contribution is -0.384. The van der Waals surface area contributed by atoms with Gasteiger partial charge in [-0.2, -0.15) is 5.10 Å². The van der Waals surface area contributed by atoms with E-state index >= 15 is 0 Å². The van der Waals surface area contributed by atoms with Gasteiger partial charge in [0.2, 0.25) is 0 Å². The van der Waals surface area contributed by atoms with Gasteiger partial charge in [-0.25, -0.2) is 0 Å². The Kier molecular flexibility index (Phi) is 1.89. The quantitative estimate of drug-likeness (QED) is 0.536. The van der Waals surface area contributed by atoms with E-state index in [9.17, 15) is 10.1 Å². The number of rotatable bonds is 1. The van der Waals surface area contributed by atoms with Crippen molar-refractivity contribution >= 4 is 28.2 Å². The number of non-ortho nitro benzene ring substituents is 1. The van der Waals surface area contributed by atoms with E-state index in [2.05, 4.69) is 5.10 Å². The smallest absolute Gasteiger partial charge is 0.266 e. The minimum absolute atomic E-state index is 0.0207. The fourth-order valence-corrected chi connectivity index (χ4v) is 1.59. The number of aryl methyl sites for hydroxylation is 1. The van der Waals surface area contributed by atoms with E-state index in [-0.39, 0.29) is 10.8 Å². The van der Waals surface area contributed by atoms with Crippen LogP contribution in [-0.2, 0) is 7.05 Å². The number of halogens is 1. The molecule has 0 saturated carbocycles. The lowest BCUT2D eigenvalue weighted by atomic mass is 10.2. The molecule has 2 aromatic rings. The molecule has 0 radical (unpaired) electrons. The molecule has 0 aliphatic heterocycles. The summed E-state index contributed by atoms with van der Waals surface area (Å²) in [5.41, 5.74) is 0.799. The van der Waals surface area contributed by atoms with Crippen molar-refractivity contribution in [1.29, 1.82) is 0 Å². The Morgan fingerprint density at radius 3 is 2.93 bits per heavy atom. The summed E-state index contributed by atoms with van der Waals surface area (Å²) >= 11 is 5.80. The van der Waals surface area contributed by atoms with E-state index in [0.717, 1.165) is 5.52 Å². The number of hydrogen-bond donors (Lipinski definition) is 0. The van der Waals surface area contributed by atoms with E-state index in [1.807, 2.05) is 0 Å². The maximum Gasteiger partial charge on any atom is 0.270 e. The van der Waals surface area contributed by atoms with Crippen LogP contribution in [0.3, 0.4) is 0 Å². The monoisotopic (exact) mass is 211 g/mol. The van der Waals surface area contributed by atoms with Gasteiger partial charge < -0.3 is 0 Å². The van der Waals surface area contributed by atoms with Crippen LogP contribution in [0.15, 0.2) is 18.2 Å². The van der Waals surface area contributed by atoms with Crippen molar-refractivity contribution in [2.75, 3.05) is 0 Å². The third-order valence-corrected chi connectivity index (χ3v) is 2.28. The molecule has 5 nitrogen and oxygen atoms in total. The molecule has 0 atom stereocenters. The van der Waals surface area contributed by atoms with Crippen LogP contribution in [0.25, 0.3) is 10.9 Å². The Morgan fingerprint density at radius 1 is 1.57 bits per heavy atom. The Labute approximate surface area is 84.0 Å². The zero-order valence-corrected chi connectivity index (χ0v) is 8.02. The molecule has 1 aromatic carbocycles. The second-order valence-electron chi connectivity index (χ2n) is 2.87. The minimum Gasteiger partial charge on any atom is -0.266 e. The topological polar surface area (TPSA) is 61.0 Å². The molecule has 14 heavy (non-hydrogen) atoms. The van der Waals surface area contributed by atoms with Gasteiger partial charge in [-0.05, 0) is 6.07 Å². The van der Waals surface area contributed by atoms with Gasteiger partial charge in [-0.3, -0.25) is 14.8 Å². The molecule has 0 saturated heterocycles. The summed E-state index contributed by atoms with van der Waals surface area (Å²) in [5.74, 6) is 0. The van der Waals surface area contributed by atoms with Gasteiger partial charge in [0, 0.05) is 24.6 Å². The highest BCUT2D eigenvalue weighted by molar-refractivity contribution is 6.34. The summed E-state index contributed by atoms with van der Waals surface area (Å²) in [5, 5.41) is 15.3. The van der Waals surface area contributed by atoms with E-state index in [0.29, 0.717) is 5.39 Å². The van der Waals surface area contributed by atoms with Crippen molar-refractivity contribution in [3.8, 4) is 0 Å². The minimum atomic E-state index is -0.456. The molecule has 1 heterocycles. The number of nitro benzene ring substituents is 1. The van der Waals surface area contributed by atoms with Gasteiger partial charge in [0.1, 0.15) is 0 Å². The van der Waals surface area contributed by atoms with Crippen molar-refractivity contribution in [3.05, 3.63) is 33.5 Å². The van der Waals surface area contributed by atoms with Crippen LogP contribution >= 0.6 is 11.6 Å². The number of aromatic nitrogens is 2. The molecule has 0 spiro atoms. The van der Waals surface area contributed by atoms with Crippen LogP contribution < -0.4 is 0 Å². The van der Waals surface area contributed by atoms with E-state index in [1.54, 1.807) is 17.8 Å². The molecular formula is C8H6ClN3O2. The predicted molar refractivity (Wildman–Crippen MR) is 52.4 cm³/mol. The van der Waals surface area contributed by atoms with Gasteiger partial charge >= 0.3 is 0 Å². The van der Waals surface area contributed by atoms with Crippen molar-refractivity contribution in [2.24, 2.45) is 7.05 Å². The number of hydrogen-bond acceptors (Lipinski definition) is 3. The van der Waals surface area contributed by atoms with Gasteiger partial charge in [0.05, 0.1) is 10.4 Å². The van der Waals surface area contributed by atoms with Crippen molar-refractivity contribution in [1.82, 2.24) is 9.78 Å². The fourth-order valence-electron chi connectivity index (χ4n) is 1.32. The Hall–Kier alpha value is -1.62. The lowest BCUT2D eigenvalue weighted by Crippen LogP contribution is -1.90. The molecule has 1 aromatic heterocycles. The molecule has 0 aliphatic rings. The van der Waals surface area contributed by atoms with Crippen LogP contribution in [0.1, 0.15) is 0 Å². The van der Waals surface area contributed by atoms with Crippen LogP contribution in [0.4, 0.5) is 5.69 Å². The summed E-state index contributed by atoms with van der Waals surface area (Å²) in [6.07, 6.45) is 0. The Bertz CT molecular complexity index is 521. The van der Waals surface area contributed by atoms with E-state index < -0.39 is 4.92 Å². The maximum absolute atomic E-state index is 10.5. The molecule has 0 aliphatic carbocycles. The number of nitro groups is 1. The maximum atomic E-state index is 10.5. The Morgan fingerprint density at radius 2 is 2.29 bits per heavy atom. The first-order valence-electron chi connectivity index (χ1n) is 3.86. The van der Waals surface area contributed by atoms with Crippen molar-refractivity contribution in [3.63, 3.8) is 0 Å². The highest BCUT2D eigenvalue weighted by Gasteiger charge is 2.11. The SMILES string of the molecule is Cn1nc(Cl)c2cc([N+](=O)[O-])ccc21. The van der Waals surface area contributed by atoms with E-state index in [1.165, 1.54) is 12.1 Å². The summed E-state index contributed by atoms with van der Waals surface area (Å²) < 4.78 is 1.58. The summed E-state index contributed by atoms with van der Waals surface area (Å²) in [6, 6.07) is 4.48. The standard InChI is InChI=1S/C8H6ClN3O2/c1-11-7-3-2-5(12(13)14)4-6(7)8(9)10-11/h2-4H,1H3. The van der Waals surface area contributed by atoms with Gasteiger partial charge in [0.25, 0.3) is 5.69 Å². The van der Waals surface area contributed by atoms with Crippen molar-refractivity contribution < 1.29 is 4.92 Å². The van der Waals surface area contributed by atoms with Gasteiger partial charge in [-0.1, -0.05) is 11.6 Å². The highest BCUT2D eigenvalue weighted by Crippen LogP contribution is 2.26. The van der Waals surface area contributed by atoms with Gasteiger partial charge in [-0.15, -0.1) is 0 Å². The molecule has 0 bridgehead atoms. The fraction of sp³-hybridized carbons (Fsp3) is 0.125. The van der Waals surface area contributed by atoms with Gasteiger partial charge in [0.15, 0.2) is 5.15 Å². The third-order valence-electron chi connectivity index (χ3n) is 2.00. The molecular weight excluding hydrogens is 206 g/mol. The first-order chi connectivity index (χ1) is 6.59. The molecule has 2 rings (SSSR count). The normalized spacial score (nSPS) is 10.7. The zero-order chi connectivity index (χ0) is 10.3. The van der Waals surface area contributed by atoms with E-state index in [4.69, 9.17) is 11.6 Å². The number of benzene rings is 1. The molecule has 0 N–H and O–H groups in total. The van der Waals surface area contributed by atoms with Crippen LogP contribution in [0.5, 0.6) is 0 Å².